The fourth-order valence-electron chi connectivity index (χ4n) is 3.17. The lowest BCUT2D eigenvalue weighted by Crippen LogP contribution is -2.49. The fourth-order valence-corrected chi connectivity index (χ4v) is 3.68. The molecular weight excluding hydrogens is 376 g/mol. The minimum Gasteiger partial charge on any atom is -0.352 e. The fraction of sp³-hybridized carbons (Fsp3) is 0.450. The number of amides is 1. The maximum Gasteiger partial charge on any atom is 0.227 e. The topological polar surface area (TPSA) is 83.5 Å². The molecule has 1 aromatic heterocycles. The SMILES string of the molecule is CC(C)c1ccc(CC(=O)N2CCN(c3ccc(S(C)(=O)=O)nn3)CC2)cc1. The van der Waals surface area contributed by atoms with Crippen LogP contribution in [-0.2, 0) is 21.1 Å². The van der Waals surface area contributed by atoms with Crippen molar-refractivity contribution in [2.45, 2.75) is 31.2 Å². The first kappa shape index (κ1) is 20.3. The van der Waals surface area contributed by atoms with Crippen LogP contribution in [-0.4, -0.2) is 61.9 Å². The van der Waals surface area contributed by atoms with E-state index in [1.54, 1.807) is 6.07 Å². The number of rotatable bonds is 5. The third kappa shape index (κ3) is 4.86. The van der Waals surface area contributed by atoms with Gasteiger partial charge in [-0.1, -0.05) is 38.1 Å². The number of carbonyl (C=O) groups is 1. The summed E-state index contributed by atoms with van der Waals surface area (Å²) in [6.45, 7) is 6.81. The third-order valence-corrected chi connectivity index (χ3v) is 5.94. The van der Waals surface area contributed by atoms with Crippen molar-refractivity contribution in [2.75, 3.05) is 37.3 Å². The molecule has 1 saturated heterocycles. The van der Waals surface area contributed by atoms with Gasteiger partial charge in [0.15, 0.2) is 20.7 Å². The van der Waals surface area contributed by atoms with Crippen molar-refractivity contribution < 1.29 is 13.2 Å². The molecule has 1 aliphatic rings. The van der Waals surface area contributed by atoms with Crippen LogP contribution in [0.3, 0.4) is 0 Å². The molecule has 2 heterocycles. The molecule has 1 aliphatic heterocycles. The summed E-state index contributed by atoms with van der Waals surface area (Å²) in [5.41, 5.74) is 2.30. The van der Waals surface area contributed by atoms with Crippen molar-refractivity contribution in [3.05, 3.63) is 47.5 Å². The summed E-state index contributed by atoms with van der Waals surface area (Å²) in [6.07, 6.45) is 1.51. The maximum absolute atomic E-state index is 12.6. The van der Waals surface area contributed by atoms with Crippen LogP contribution < -0.4 is 4.90 Å². The van der Waals surface area contributed by atoms with E-state index in [2.05, 4.69) is 36.2 Å². The van der Waals surface area contributed by atoms with Gasteiger partial charge in [-0.15, -0.1) is 10.2 Å². The molecule has 1 amide bonds. The van der Waals surface area contributed by atoms with Crippen LogP contribution in [0.1, 0.15) is 30.9 Å². The van der Waals surface area contributed by atoms with Crippen LogP contribution in [0.2, 0.25) is 0 Å². The second-order valence-corrected chi connectivity index (χ2v) is 9.41. The van der Waals surface area contributed by atoms with Crippen molar-refractivity contribution in [1.29, 1.82) is 0 Å². The Balaban J connectivity index is 1.55. The van der Waals surface area contributed by atoms with Gasteiger partial charge in [-0.05, 0) is 29.2 Å². The Morgan fingerprint density at radius 1 is 1.00 bits per heavy atom. The van der Waals surface area contributed by atoms with Gasteiger partial charge in [0.05, 0.1) is 6.42 Å². The molecular formula is C20H26N4O3S. The molecule has 7 nitrogen and oxygen atoms in total. The standard InChI is InChI=1S/C20H26N4O3S/c1-15(2)17-6-4-16(5-7-17)14-20(25)24-12-10-23(11-13-24)18-8-9-19(22-21-18)28(3,26)27/h4-9,15H,10-14H2,1-3H3. The number of piperazine rings is 1. The van der Waals surface area contributed by atoms with Crippen molar-refractivity contribution in [3.8, 4) is 0 Å². The van der Waals surface area contributed by atoms with Gasteiger partial charge in [0.25, 0.3) is 0 Å². The molecule has 0 bridgehead atoms. The van der Waals surface area contributed by atoms with E-state index < -0.39 is 9.84 Å². The Labute approximate surface area is 166 Å². The van der Waals surface area contributed by atoms with Gasteiger partial charge in [0.1, 0.15) is 0 Å². The zero-order chi connectivity index (χ0) is 20.3. The number of aromatic nitrogens is 2. The van der Waals surface area contributed by atoms with Gasteiger partial charge in [-0.3, -0.25) is 4.79 Å². The molecule has 3 rings (SSSR count). The number of nitrogens with zero attached hydrogens (tertiary/aromatic N) is 4. The molecule has 0 spiro atoms. The highest BCUT2D eigenvalue weighted by molar-refractivity contribution is 7.90. The highest BCUT2D eigenvalue weighted by Crippen LogP contribution is 2.17. The number of hydrogen-bond acceptors (Lipinski definition) is 6. The number of carbonyl (C=O) groups excluding carboxylic acids is 1. The predicted molar refractivity (Wildman–Crippen MR) is 108 cm³/mol. The second-order valence-electron chi connectivity index (χ2n) is 7.44. The number of sulfone groups is 1. The molecule has 0 saturated carbocycles. The van der Waals surface area contributed by atoms with E-state index in [0.29, 0.717) is 44.3 Å². The molecule has 0 atom stereocenters. The Bertz CT molecular complexity index is 917. The monoisotopic (exact) mass is 402 g/mol. The van der Waals surface area contributed by atoms with Crippen LogP contribution in [0.15, 0.2) is 41.4 Å². The van der Waals surface area contributed by atoms with Crippen LogP contribution in [0, 0.1) is 0 Å². The first-order valence-corrected chi connectivity index (χ1v) is 11.3. The normalized spacial score (nSPS) is 15.1. The zero-order valence-electron chi connectivity index (χ0n) is 16.5. The molecule has 0 radical (unpaired) electrons. The average Bonchev–Trinajstić information content (AvgIpc) is 2.68. The summed E-state index contributed by atoms with van der Waals surface area (Å²) in [4.78, 5) is 16.5. The van der Waals surface area contributed by atoms with E-state index in [1.807, 2.05) is 21.9 Å². The van der Waals surface area contributed by atoms with Crippen molar-refractivity contribution in [2.24, 2.45) is 0 Å². The van der Waals surface area contributed by atoms with Gasteiger partial charge >= 0.3 is 0 Å². The Hall–Kier alpha value is -2.48. The molecule has 0 N–H and O–H groups in total. The number of benzene rings is 1. The Morgan fingerprint density at radius 3 is 2.14 bits per heavy atom. The summed E-state index contributed by atoms with van der Waals surface area (Å²) < 4.78 is 23.0. The molecule has 1 aromatic carbocycles. The first-order chi connectivity index (χ1) is 13.2. The zero-order valence-corrected chi connectivity index (χ0v) is 17.3. The van der Waals surface area contributed by atoms with Gasteiger partial charge in [0, 0.05) is 32.4 Å². The van der Waals surface area contributed by atoms with Crippen LogP contribution in [0.5, 0.6) is 0 Å². The smallest absolute Gasteiger partial charge is 0.227 e. The quantitative estimate of drug-likeness (QED) is 0.760. The molecule has 28 heavy (non-hydrogen) atoms. The molecule has 1 fully saturated rings. The maximum atomic E-state index is 12.6. The average molecular weight is 403 g/mol. The molecule has 0 unspecified atom stereocenters. The van der Waals surface area contributed by atoms with Crippen LogP contribution >= 0.6 is 0 Å². The van der Waals surface area contributed by atoms with E-state index in [-0.39, 0.29) is 10.9 Å². The summed E-state index contributed by atoms with van der Waals surface area (Å²) in [7, 11) is -3.35. The third-order valence-electron chi connectivity index (χ3n) is 4.96. The molecule has 2 aromatic rings. The second kappa shape index (κ2) is 8.26. The van der Waals surface area contributed by atoms with Crippen LogP contribution in [0.25, 0.3) is 0 Å². The van der Waals surface area contributed by atoms with Gasteiger partial charge in [0.2, 0.25) is 5.91 Å². The Morgan fingerprint density at radius 2 is 1.64 bits per heavy atom. The van der Waals surface area contributed by atoms with Crippen molar-refractivity contribution >= 4 is 21.6 Å². The minimum atomic E-state index is -3.35. The van der Waals surface area contributed by atoms with E-state index >= 15 is 0 Å². The van der Waals surface area contributed by atoms with Gasteiger partial charge in [-0.25, -0.2) is 8.42 Å². The Kier molecular flexibility index (Phi) is 5.98. The summed E-state index contributed by atoms with van der Waals surface area (Å²) in [5, 5.41) is 7.78. The van der Waals surface area contributed by atoms with Crippen molar-refractivity contribution in [3.63, 3.8) is 0 Å². The summed E-state index contributed by atoms with van der Waals surface area (Å²) in [6, 6.07) is 11.4. The highest BCUT2D eigenvalue weighted by atomic mass is 32.2. The van der Waals surface area contributed by atoms with E-state index in [1.165, 1.54) is 11.6 Å². The number of anilines is 1. The van der Waals surface area contributed by atoms with E-state index in [0.717, 1.165) is 11.8 Å². The van der Waals surface area contributed by atoms with Crippen molar-refractivity contribution in [1.82, 2.24) is 15.1 Å². The highest BCUT2D eigenvalue weighted by Gasteiger charge is 2.22. The lowest BCUT2D eigenvalue weighted by molar-refractivity contribution is -0.130. The number of hydrogen-bond donors (Lipinski definition) is 0. The lowest BCUT2D eigenvalue weighted by atomic mass is 10.0. The molecule has 0 aliphatic carbocycles. The van der Waals surface area contributed by atoms with E-state index in [9.17, 15) is 13.2 Å². The predicted octanol–water partition coefficient (Wildman–Crippen LogP) is 1.89. The lowest BCUT2D eigenvalue weighted by Gasteiger charge is -2.35. The minimum absolute atomic E-state index is 0.0338. The van der Waals surface area contributed by atoms with E-state index in [4.69, 9.17) is 0 Å². The molecule has 150 valence electrons. The summed E-state index contributed by atoms with van der Waals surface area (Å²) in [5.74, 6) is 1.23. The first-order valence-electron chi connectivity index (χ1n) is 9.39. The van der Waals surface area contributed by atoms with Gasteiger partial charge in [-0.2, -0.15) is 0 Å². The largest absolute Gasteiger partial charge is 0.352 e. The molecule has 8 heteroatoms. The van der Waals surface area contributed by atoms with Crippen LogP contribution in [0.4, 0.5) is 5.82 Å². The van der Waals surface area contributed by atoms with Gasteiger partial charge < -0.3 is 9.80 Å². The summed E-state index contributed by atoms with van der Waals surface area (Å²) >= 11 is 0.